The lowest BCUT2D eigenvalue weighted by Crippen LogP contribution is -2.38. The molecule has 2 aromatic rings. The minimum Gasteiger partial charge on any atom is -0.499 e. The lowest BCUT2D eigenvalue weighted by Gasteiger charge is -2.26. The highest BCUT2D eigenvalue weighted by molar-refractivity contribution is 7.89. The van der Waals surface area contributed by atoms with Crippen LogP contribution in [0.2, 0.25) is 0 Å². The van der Waals surface area contributed by atoms with E-state index in [2.05, 4.69) is 9.89 Å². The van der Waals surface area contributed by atoms with Crippen molar-refractivity contribution in [3.8, 4) is 10.8 Å². The lowest BCUT2D eigenvalue weighted by atomic mass is 10.1. The van der Waals surface area contributed by atoms with Gasteiger partial charge in [-0.1, -0.05) is 5.16 Å². The largest absolute Gasteiger partial charge is 0.573 e. The molecule has 1 saturated heterocycles. The number of rotatable bonds is 6. The third-order valence-electron chi connectivity index (χ3n) is 4.04. The van der Waals surface area contributed by atoms with Gasteiger partial charge in [-0.15, -0.1) is 24.5 Å². The van der Waals surface area contributed by atoms with Crippen molar-refractivity contribution in [2.75, 3.05) is 13.1 Å². The number of sulfonamides is 1. The summed E-state index contributed by atoms with van der Waals surface area (Å²) in [5.74, 6) is -0.485. The molecule has 3 rings (SSSR count). The number of piperidine rings is 1. The van der Waals surface area contributed by atoms with Crippen molar-refractivity contribution in [2.45, 2.75) is 30.7 Å². The summed E-state index contributed by atoms with van der Waals surface area (Å²) in [6, 6.07) is 7.38. The first-order valence-corrected chi connectivity index (χ1v) is 10.7. The lowest BCUT2D eigenvalue weighted by molar-refractivity contribution is -0.274. The van der Waals surface area contributed by atoms with E-state index < -0.39 is 22.1 Å². The molecule has 29 heavy (non-hydrogen) atoms. The second kappa shape index (κ2) is 8.59. The Hall–Kier alpha value is -2.31. The molecule has 0 saturated carbocycles. The summed E-state index contributed by atoms with van der Waals surface area (Å²) < 4.78 is 66.9. The molecule has 0 aliphatic carbocycles. The van der Waals surface area contributed by atoms with Crippen LogP contribution in [0.1, 0.15) is 17.7 Å². The van der Waals surface area contributed by atoms with E-state index >= 15 is 0 Å². The van der Waals surface area contributed by atoms with Gasteiger partial charge in [-0.25, -0.2) is 8.42 Å². The summed E-state index contributed by atoms with van der Waals surface area (Å²) in [6.45, 7) is 0.583. The Labute approximate surface area is 169 Å². The van der Waals surface area contributed by atoms with E-state index in [1.807, 2.05) is 0 Å². The van der Waals surface area contributed by atoms with Crippen LogP contribution in [0.4, 0.5) is 13.2 Å². The van der Waals surface area contributed by atoms with Crippen LogP contribution in [0.15, 0.2) is 46.4 Å². The Bertz CT molecular complexity index is 962. The molecule has 0 bridgehead atoms. The summed E-state index contributed by atoms with van der Waals surface area (Å²) in [6.07, 6.45) is -4.08. The van der Waals surface area contributed by atoms with E-state index in [1.54, 1.807) is 12.1 Å². The molecule has 12 heteroatoms. The second-order valence-corrected chi connectivity index (χ2v) is 9.18. The summed E-state index contributed by atoms with van der Waals surface area (Å²) in [5.41, 5.74) is 0.714. The van der Waals surface area contributed by atoms with E-state index in [0.717, 1.165) is 29.1 Å². The van der Waals surface area contributed by atoms with Crippen LogP contribution < -0.4 is 4.74 Å². The highest BCUT2D eigenvalue weighted by atomic mass is 32.2. The van der Waals surface area contributed by atoms with Gasteiger partial charge in [0.2, 0.25) is 10.0 Å². The molecule has 7 nitrogen and oxygen atoms in total. The summed E-state index contributed by atoms with van der Waals surface area (Å²) in [5, 5.41) is 13.5. The van der Waals surface area contributed by atoms with Gasteiger partial charge in [-0.2, -0.15) is 4.31 Å². The van der Waals surface area contributed by atoms with E-state index in [-0.39, 0.29) is 29.7 Å². The predicted molar refractivity (Wildman–Crippen MR) is 99.3 cm³/mol. The number of thiophene rings is 1. The molecule has 2 heterocycles. The minimum absolute atomic E-state index is 0.110. The van der Waals surface area contributed by atoms with E-state index in [0.29, 0.717) is 18.6 Å². The van der Waals surface area contributed by atoms with Gasteiger partial charge in [0.05, 0.1) is 10.6 Å². The predicted octanol–water partition coefficient (Wildman–Crippen LogP) is 3.71. The Morgan fingerprint density at radius 1 is 1.10 bits per heavy atom. The number of hydrogen-bond donors (Lipinski definition) is 1. The van der Waals surface area contributed by atoms with Gasteiger partial charge in [-0.3, -0.25) is 0 Å². The third kappa shape index (κ3) is 5.84. The van der Waals surface area contributed by atoms with E-state index in [9.17, 15) is 26.7 Å². The molecule has 158 valence electrons. The number of oxime groups is 1. The molecule has 0 radical (unpaired) electrons. The molecule has 1 aliphatic rings. The van der Waals surface area contributed by atoms with Crippen LogP contribution >= 0.6 is 11.3 Å². The van der Waals surface area contributed by atoms with E-state index in [1.165, 1.54) is 15.6 Å². The van der Waals surface area contributed by atoms with Gasteiger partial charge in [0.15, 0.2) is 11.7 Å². The average Bonchev–Trinajstić information content (AvgIpc) is 3.06. The van der Waals surface area contributed by atoms with Gasteiger partial charge >= 0.3 is 6.36 Å². The maximum atomic E-state index is 12.7. The zero-order chi connectivity index (χ0) is 21.1. The SMILES string of the molecule is O=S(=O)(c1ccc(OC(F)(F)F)cc1)N1CCC(=NOCc2ccc(O)s2)CC1. The summed E-state index contributed by atoms with van der Waals surface area (Å²) >= 11 is 1.18. The van der Waals surface area contributed by atoms with Gasteiger partial charge in [0.1, 0.15) is 5.75 Å². The number of aromatic hydroxyl groups is 1. The summed E-state index contributed by atoms with van der Waals surface area (Å²) in [4.78, 5) is 5.94. The number of ether oxygens (including phenoxy) is 1. The molecular formula is C17H17F3N2O5S2. The van der Waals surface area contributed by atoms with Crippen LogP contribution in [0, 0.1) is 0 Å². The maximum absolute atomic E-state index is 12.7. The minimum atomic E-state index is -4.84. The summed E-state index contributed by atoms with van der Waals surface area (Å²) in [7, 11) is -3.83. The quantitative estimate of drug-likeness (QED) is 0.678. The van der Waals surface area contributed by atoms with Crippen LogP contribution in [0.25, 0.3) is 0 Å². The Morgan fingerprint density at radius 3 is 2.31 bits per heavy atom. The van der Waals surface area contributed by atoms with Crippen molar-refractivity contribution in [1.29, 1.82) is 0 Å². The molecule has 0 unspecified atom stereocenters. The molecule has 0 amide bonds. The number of alkyl halides is 3. The van der Waals surface area contributed by atoms with Crippen molar-refractivity contribution in [3.63, 3.8) is 0 Å². The van der Waals surface area contributed by atoms with E-state index in [4.69, 9.17) is 4.84 Å². The van der Waals surface area contributed by atoms with Crippen LogP contribution in [-0.2, 0) is 21.5 Å². The Kier molecular flexibility index (Phi) is 6.34. The highest BCUT2D eigenvalue weighted by Gasteiger charge is 2.32. The normalized spacial score (nSPS) is 15.9. The fourth-order valence-electron chi connectivity index (χ4n) is 2.67. The highest BCUT2D eigenvalue weighted by Crippen LogP contribution is 2.26. The third-order valence-corrected chi connectivity index (χ3v) is 6.82. The first kappa shape index (κ1) is 21.4. The number of halogens is 3. The van der Waals surface area contributed by atoms with Gasteiger partial charge < -0.3 is 14.7 Å². The molecular weight excluding hydrogens is 433 g/mol. The topological polar surface area (TPSA) is 88.4 Å². The molecule has 1 N–H and O–H groups in total. The van der Waals surface area contributed by atoms with Gasteiger partial charge in [0, 0.05) is 30.8 Å². The van der Waals surface area contributed by atoms with Gasteiger partial charge in [0.25, 0.3) is 0 Å². The smallest absolute Gasteiger partial charge is 0.499 e. The van der Waals surface area contributed by atoms with Crippen LogP contribution in [0.3, 0.4) is 0 Å². The van der Waals surface area contributed by atoms with Crippen molar-refractivity contribution in [2.24, 2.45) is 5.16 Å². The molecule has 0 spiro atoms. The molecule has 1 aromatic carbocycles. The zero-order valence-corrected chi connectivity index (χ0v) is 16.6. The number of nitrogens with zero attached hydrogens (tertiary/aromatic N) is 2. The van der Waals surface area contributed by atoms with Crippen LogP contribution in [-0.4, -0.2) is 43.0 Å². The van der Waals surface area contributed by atoms with Crippen molar-refractivity contribution in [1.82, 2.24) is 4.31 Å². The Balaban J connectivity index is 1.55. The number of hydrogen-bond acceptors (Lipinski definition) is 7. The fourth-order valence-corrected chi connectivity index (χ4v) is 4.76. The number of benzene rings is 1. The van der Waals surface area contributed by atoms with Crippen molar-refractivity contribution in [3.05, 3.63) is 41.3 Å². The molecule has 1 fully saturated rings. The first-order valence-electron chi connectivity index (χ1n) is 8.45. The molecule has 1 aromatic heterocycles. The molecule has 1 aliphatic heterocycles. The van der Waals surface area contributed by atoms with Crippen molar-refractivity contribution >= 4 is 27.1 Å². The maximum Gasteiger partial charge on any atom is 0.573 e. The first-order chi connectivity index (χ1) is 13.6. The van der Waals surface area contributed by atoms with Gasteiger partial charge in [-0.05, 0) is 36.4 Å². The fraction of sp³-hybridized carbons (Fsp3) is 0.353. The standard InChI is InChI=1S/C17H17F3N2O5S2/c18-17(19,20)27-13-1-4-15(5-2-13)29(24,25)22-9-7-12(8-10-22)21-26-11-14-3-6-16(23)28-14/h1-6,23H,7-11H2. The van der Waals surface area contributed by atoms with Crippen LogP contribution in [0.5, 0.6) is 10.8 Å². The average molecular weight is 450 g/mol. The monoisotopic (exact) mass is 450 g/mol. The Morgan fingerprint density at radius 2 is 1.76 bits per heavy atom. The van der Waals surface area contributed by atoms with Crippen molar-refractivity contribution < 1.29 is 36.3 Å². The second-order valence-electron chi connectivity index (χ2n) is 6.09. The molecule has 0 atom stereocenters. The zero-order valence-electron chi connectivity index (χ0n) is 14.9.